The number of benzene rings is 3. The molecule has 3 heterocycles. The Morgan fingerprint density at radius 2 is 1.22 bits per heavy atom. The summed E-state index contributed by atoms with van der Waals surface area (Å²) in [5, 5.41) is 1.82. The molecule has 0 aliphatic carbocycles. The van der Waals surface area contributed by atoms with Gasteiger partial charge < -0.3 is 23.4 Å². The Morgan fingerprint density at radius 1 is 0.691 bits per heavy atom. The van der Waals surface area contributed by atoms with Crippen LogP contribution < -0.4 is 10.4 Å². The molecule has 55 heavy (non-hydrogen) atoms. The van der Waals surface area contributed by atoms with Crippen LogP contribution in [0.3, 0.4) is 0 Å². The molecular formula is C47H64O7Si. The SMILES string of the molecule is C[C@@H]([C@@H]1CC[C@@H](C)O1)[C@@H](C[C@@H]1CC[C@H]([C@@H](C)C(=O)C[C@@H]2CC[C@@H]([C@H](C)C(=O)O[Si](c3ccccc3)(c3ccccc3)C(C)(C)C)O2)O1)OCc1ccccc1. The Kier molecular flexibility index (Phi) is 13.9. The predicted octanol–water partition coefficient (Wildman–Crippen LogP) is 8.60. The van der Waals surface area contributed by atoms with E-state index in [-0.39, 0.29) is 71.4 Å². The second-order valence-electron chi connectivity index (χ2n) is 17.6. The van der Waals surface area contributed by atoms with Crippen molar-refractivity contribution in [3.63, 3.8) is 0 Å². The lowest BCUT2D eigenvalue weighted by atomic mass is 9.90. The van der Waals surface area contributed by atoms with Gasteiger partial charge in [0.05, 0.1) is 55.3 Å². The number of hydrogen-bond donors (Lipinski definition) is 0. The van der Waals surface area contributed by atoms with Gasteiger partial charge in [-0.1, -0.05) is 126 Å². The molecule has 10 atom stereocenters. The molecule has 8 heteroatoms. The summed E-state index contributed by atoms with van der Waals surface area (Å²) in [4.78, 5) is 27.9. The lowest BCUT2D eigenvalue weighted by Gasteiger charge is -2.42. The molecule has 0 amide bonds. The molecule has 298 valence electrons. The van der Waals surface area contributed by atoms with Gasteiger partial charge >= 0.3 is 8.32 Å². The van der Waals surface area contributed by atoms with Crippen LogP contribution in [0.2, 0.25) is 5.04 Å². The van der Waals surface area contributed by atoms with Gasteiger partial charge in [-0.05, 0) is 73.3 Å². The average Bonchev–Trinajstić information content (AvgIpc) is 3.97. The van der Waals surface area contributed by atoms with E-state index in [9.17, 15) is 9.59 Å². The Morgan fingerprint density at radius 3 is 1.78 bits per heavy atom. The molecule has 3 saturated heterocycles. The fourth-order valence-corrected chi connectivity index (χ4v) is 13.5. The second-order valence-corrected chi connectivity index (χ2v) is 21.8. The number of carbonyl (C=O) groups excluding carboxylic acids is 2. The smallest absolute Gasteiger partial charge is 0.323 e. The Balaban J connectivity index is 1.03. The minimum atomic E-state index is -3.04. The second kappa shape index (κ2) is 18.4. The number of ketones is 1. The van der Waals surface area contributed by atoms with Crippen molar-refractivity contribution < 1.29 is 33.0 Å². The molecular weight excluding hydrogens is 705 g/mol. The summed E-state index contributed by atoms with van der Waals surface area (Å²) in [5.41, 5.74) is 1.16. The zero-order valence-electron chi connectivity index (χ0n) is 34.2. The summed E-state index contributed by atoms with van der Waals surface area (Å²) in [6, 6.07) is 30.8. The van der Waals surface area contributed by atoms with Gasteiger partial charge in [0.15, 0.2) is 0 Å². The molecule has 0 bridgehead atoms. The van der Waals surface area contributed by atoms with Crippen molar-refractivity contribution in [1.82, 2.24) is 0 Å². The van der Waals surface area contributed by atoms with E-state index in [4.69, 9.17) is 23.4 Å². The number of hydrogen-bond acceptors (Lipinski definition) is 7. The van der Waals surface area contributed by atoms with Crippen LogP contribution in [0.15, 0.2) is 91.0 Å². The molecule has 3 aliphatic rings. The normalized spacial score (nSPS) is 26.7. The average molecular weight is 769 g/mol. The number of Topliss-reactive ketones (excluding diaryl/α,β-unsaturated/α-hetero) is 1. The van der Waals surface area contributed by atoms with E-state index >= 15 is 0 Å². The Bertz CT molecular complexity index is 1620. The first-order valence-electron chi connectivity index (χ1n) is 20.8. The van der Waals surface area contributed by atoms with Crippen molar-refractivity contribution in [2.75, 3.05) is 0 Å². The topological polar surface area (TPSA) is 80.3 Å². The van der Waals surface area contributed by atoms with Crippen LogP contribution >= 0.6 is 0 Å². The first-order chi connectivity index (χ1) is 26.4. The molecule has 3 fully saturated rings. The van der Waals surface area contributed by atoms with Crippen LogP contribution in [0.1, 0.15) is 105 Å². The summed E-state index contributed by atoms with van der Waals surface area (Å²) < 4.78 is 32.8. The van der Waals surface area contributed by atoms with Gasteiger partial charge in [0, 0.05) is 24.7 Å². The van der Waals surface area contributed by atoms with E-state index < -0.39 is 14.2 Å². The van der Waals surface area contributed by atoms with Crippen molar-refractivity contribution in [2.24, 2.45) is 17.8 Å². The van der Waals surface area contributed by atoms with E-state index in [0.717, 1.165) is 60.9 Å². The van der Waals surface area contributed by atoms with Gasteiger partial charge in [-0.15, -0.1) is 0 Å². The van der Waals surface area contributed by atoms with Crippen molar-refractivity contribution >= 4 is 30.4 Å². The summed E-state index contributed by atoms with van der Waals surface area (Å²) in [6.07, 6.45) is 6.35. The third-order valence-electron chi connectivity index (χ3n) is 12.6. The zero-order chi connectivity index (χ0) is 39.2. The van der Waals surface area contributed by atoms with Gasteiger partial charge in [0.2, 0.25) is 0 Å². The maximum absolute atomic E-state index is 14.1. The highest BCUT2D eigenvalue weighted by Crippen LogP contribution is 2.39. The standard InChI is InChI=1S/C47H64O7Si/c1-32-23-26-43(51-32)34(3)45(50-31-36-17-11-8-12-18-36)30-38-25-27-42(53-38)33(2)41(48)29-37-24-28-44(52-37)35(4)46(49)54-55(47(5,6)7,39-19-13-9-14-20-39)40-21-15-10-16-22-40/h8-22,32-35,37-38,42-45H,23-31H2,1-7H3/t32-,33+,34+,35+,37+,38+,42-,43+,44+,45-/m1/s1. The monoisotopic (exact) mass is 768 g/mol. The highest BCUT2D eigenvalue weighted by molar-refractivity contribution is 7.00. The van der Waals surface area contributed by atoms with Crippen LogP contribution in [-0.4, -0.2) is 62.8 Å². The molecule has 3 aromatic rings. The summed E-state index contributed by atoms with van der Waals surface area (Å²) in [7, 11) is -3.04. The molecule has 6 rings (SSSR count). The largest absolute Gasteiger partial charge is 0.509 e. The van der Waals surface area contributed by atoms with Crippen molar-refractivity contribution in [1.29, 1.82) is 0 Å². The Hall–Kier alpha value is -3.14. The van der Waals surface area contributed by atoms with Crippen LogP contribution in [0, 0.1) is 17.8 Å². The maximum Gasteiger partial charge on any atom is 0.323 e. The molecule has 7 nitrogen and oxygen atoms in total. The molecule has 0 radical (unpaired) electrons. The van der Waals surface area contributed by atoms with Crippen LogP contribution in [0.25, 0.3) is 0 Å². The van der Waals surface area contributed by atoms with Crippen LogP contribution in [0.5, 0.6) is 0 Å². The minimum absolute atomic E-state index is 0.000579. The van der Waals surface area contributed by atoms with Crippen LogP contribution in [0.4, 0.5) is 0 Å². The highest BCUT2D eigenvalue weighted by atomic mass is 28.4. The van der Waals surface area contributed by atoms with Gasteiger partial charge in [0.25, 0.3) is 5.97 Å². The third kappa shape index (κ3) is 9.88. The first kappa shape index (κ1) is 41.5. The zero-order valence-corrected chi connectivity index (χ0v) is 35.2. The highest BCUT2D eigenvalue weighted by Gasteiger charge is 2.54. The Labute approximate surface area is 331 Å². The van der Waals surface area contributed by atoms with Gasteiger partial charge in [0.1, 0.15) is 5.78 Å². The van der Waals surface area contributed by atoms with Crippen molar-refractivity contribution in [3.05, 3.63) is 96.6 Å². The molecule has 0 spiro atoms. The van der Waals surface area contributed by atoms with E-state index in [0.29, 0.717) is 13.0 Å². The number of rotatable bonds is 16. The molecule has 3 aliphatic heterocycles. The van der Waals surface area contributed by atoms with E-state index in [2.05, 4.69) is 71.0 Å². The van der Waals surface area contributed by atoms with Gasteiger partial charge in [-0.3, -0.25) is 9.59 Å². The lowest BCUT2D eigenvalue weighted by molar-refractivity contribution is -0.144. The number of ether oxygens (including phenoxy) is 4. The van der Waals surface area contributed by atoms with Crippen molar-refractivity contribution in [2.45, 2.75) is 154 Å². The van der Waals surface area contributed by atoms with E-state index in [1.165, 1.54) is 0 Å². The third-order valence-corrected chi connectivity index (χ3v) is 17.5. The first-order valence-corrected chi connectivity index (χ1v) is 22.7. The van der Waals surface area contributed by atoms with Gasteiger partial charge in [-0.25, -0.2) is 0 Å². The van der Waals surface area contributed by atoms with E-state index in [1.807, 2.05) is 68.4 Å². The molecule has 0 saturated carbocycles. The molecule has 0 aromatic heterocycles. The molecule has 0 unspecified atom stereocenters. The fraction of sp³-hybridized carbons (Fsp3) is 0.574. The van der Waals surface area contributed by atoms with E-state index in [1.54, 1.807) is 0 Å². The minimum Gasteiger partial charge on any atom is -0.509 e. The van der Waals surface area contributed by atoms with Crippen molar-refractivity contribution in [3.8, 4) is 0 Å². The number of carbonyl (C=O) groups is 2. The quantitative estimate of drug-likeness (QED) is 0.135. The lowest BCUT2D eigenvalue weighted by Crippen LogP contribution is -2.67. The molecule has 3 aromatic carbocycles. The summed E-state index contributed by atoms with van der Waals surface area (Å²) in [5.74, 6) is -0.524. The summed E-state index contributed by atoms with van der Waals surface area (Å²) >= 11 is 0. The fourth-order valence-electron chi connectivity index (χ4n) is 9.12. The van der Waals surface area contributed by atoms with Crippen LogP contribution in [-0.2, 0) is 39.6 Å². The molecule has 0 N–H and O–H groups in total. The maximum atomic E-state index is 14.1. The summed E-state index contributed by atoms with van der Waals surface area (Å²) in [6.45, 7) is 15.4. The predicted molar refractivity (Wildman–Crippen MR) is 220 cm³/mol. The van der Waals surface area contributed by atoms with Gasteiger partial charge in [-0.2, -0.15) is 0 Å².